The first kappa shape index (κ1) is 14.4. The van der Waals surface area contributed by atoms with E-state index in [-0.39, 0.29) is 11.9 Å². The standard InChI is InChI=1S/C13H15ClFN3S/c1-3-11-13(19-18-17-11)12(16-4-2)9-6-5-8(14)7-10(9)15/h5-7,12,16H,3-4H2,1-2H3. The van der Waals surface area contributed by atoms with Gasteiger partial charge in [0, 0.05) is 10.6 Å². The zero-order chi connectivity index (χ0) is 13.8. The zero-order valence-corrected chi connectivity index (χ0v) is 12.4. The fraction of sp³-hybridized carbons (Fsp3) is 0.385. The third kappa shape index (κ3) is 3.11. The summed E-state index contributed by atoms with van der Waals surface area (Å²) in [6, 6.07) is 4.52. The Morgan fingerprint density at radius 3 is 2.84 bits per heavy atom. The van der Waals surface area contributed by atoms with Gasteiger partial charge in [0.15, 0.2) is 0 Å². The predicted molar refractivity (Wildman–Crippen MR) is 76.2 cm³/mol. The van der Waals surface area contributed by atoms with Crippen LogP contribution in [0.4, 0.5) is 4.39 Å². The van der Waals surface area contributed by atoms with Gasteiger partial charge in [0.1, 0.15) is 5.82 Å². The fourth-order valence-corrected chi connectivity index (χ4v) is 2.96. The van der Waals surface area contributed by atoms with Gasteiger partial charge in [-0.2, -0.15) is 0 Å². The van der Waals surface area contributed by atoms with Crippen LogP contribution in [0.3, 0.4) is 0 Å². The maximum absolute atomic E-state index is 14.1. The van der Waals surface area contributed by atoms with E-state index in [9.17, 15) is 4.39 Å². The second kappa shape index (κ2) is 6.41. The van der Waals surface area contributed by atoms with E-state index in [0.717, 1.165) is 23.5 Å². The third-order valence-corrected chi connectivity index (χ3v) is 3.93. The molecule has 3 nitrogen and oxygen atoms in total. The first-order valence-electron chi connectivity index (χ1n) is 6.16. The monoisotopic (exact) mass is 299 g/mol. The Labute approximate surface area is 121 Å². The lowest BCUT2D eigenvalue weighted by Gasteiger charge is -2.18. The van der Waals surface area contributed by atoms with Gasteiger partial charge in [0.2, 0.25) is 0 Å². The second-order valence-electron chi connectivity index (χ2n) is 4.09. The van der Waals surface area contributed by atoms with Crippen molar-refractivity contribution in [2.75, 3.05) is 6.54 Å². The number of hydrogen-bond donors (Lipinski definition) is 1. The van der Waals surface area contributed by atoms with Crippen molar-refractivity contribution in [2.24, 2.45) is 0 Å². The summed E-state index contributed by atoms with van der Waals surface area (Å²) in [5, 5.41) is 7.77. The minimum atomic E-state index is -0.311. The summed E-state index contributed by atoms with van der Waals surface area (Å²) >= 11 is 7.11. The highest BCUT2D eigenvalue weighted by atomic mass is 35.5. The molecule has 0 aliphatic carbocycles. The lowest BCUT2D eigenvalue weighted by Crippen LogP contribution is -2.23. The average Bonchev–Trinajstić information content (AvgIpc) is 2.85. The SMILES string of the molecule is CCNC(c1ccc(Cl)cc1F)c1snnc1CC. The molecule has 0 spiro atoms. The summed E-state index contributed by atoms with van der Waals surface area (Å²) in [7, 11) is 0. The molecule has 1 aromatic heterocycles. The van der Waals surface area contributed by atoms with Crippen LogP contribution in [0.5, 0.6) is 0 Å². The molecule has 0 aliphatic heterocycles. The van der Waals surface area contributed by atoms with Crippen LogP contribution in [-0.4, -0.2) is 16.1 Å². The number of hydrogen-bond acceptors (Lipinski definition) is 4. The lowest BCUT2D eigenvalue weighted by molar-refractivity contribution is 0.560. The minimum absolute atomic E-state index is 0.225. The highest BCUT2D eigenvalue weighted by Crippen LogP contribution is 2.30. The normalized spacial score (nSPS) is 12.6. The molecule has 0 amide bonds. The van der Waals surface area contributed by atoms with Crippen molar-refractivity contribution in [3.8, 4) is 0 Å². The van der Waals surface area contributed by atoms with E-state index in [1.807, 2.05) is 13.8 Å². The lowest BCUT2D eigenvalue weighted by atomic mass is 10.0. The maximum Gasteiger partial charge on any atom is 0.129 e. The van der Waals surface area contributed by atoms with Crippen molar-refractivity contribution in [3.05, 3.63) is 45.2 Å². The molecule has 0 bridgehead atoms. The molecule has 1 N–H and O–H groups in total. The van der Waals surface area contributed by atoms with Crippen LogP contribution in [0.2, 0.25) is 5.02 Å². The van der Waals surface area contributed by atoms with E-state index in [4.69, 9.17) is 11.6 Å². The number of aryl methyl sites for hydroxylation is 1. The molecule has 0 radical (unpaired) electrons. The van der Waals surface area contributed by atoms with Crippen molar-refractivity contribution < 1.29 is 4.39 Å². The summed E-state index contributed by atoms with van der Waals surface area (Å²) in [4.78, 5) is 0.963. The second-order valence-corrected chi connectivity index (χ2v) is 5.32. The summed E-state index contributed by atoms with van der Waals surface area (Å²) in [5.41, 5.74) is 1.48. The van der Waals surface area contributed by atoms with Gasteiger partial charge in [-0.25, -0.2) is 4.39 Å². The molecule has 1 aromatic carbocycles. The van der Waals surface area contributed by atoms with Crippen LogP contribution in [0.25, 0.3) is 0 Å². The molecule has 19 heavy (non-hydrogen) atoms. The first-order valence-corrected chi connectivity index (χ1v) is 7.32. The molecule has 0 aliphatic rings. The van der Waals surface area contributed by atoms with E-state index in [2.05, 4.69) is 14.9 Å². The summed E-state index contributed by atoms with van der Waals surface area (Å²) < 4.78 is 18.1. The maximum atomic E-state index is 14.1. The van der Waals surface area contributed by atoms with E-state index in [1.54, 1.807) is 12.1 Å². The molecule has 0 saturated heterocycles. The van der Waals surface area contributed by atoms with Gasteiger partial charge in [0.25, 0.3) is 0 Å². The molecule has 1 heterocycles. The molecular formula is C13H15ClFN3S. The van der Waals surface area contributed by atoms with E-state index < -0.39 is 0 Å². The Morgan fingerprint density at radius 2 is 2.21 bits per heavy atom. The number of rotatable bonds is 5. The Balaban J connectivity index is 2.45. The van der Waals surface area contributed by atoms with Gasteiger partial charge in [-0.05, 0) is 36.6 Å². The average molecular weight is 300 g/mol. The quantitative estimate of drug-likeness (QED) is 0.917. The first-order chi connectivity index (χ1) is 9.17. The highest BCUT2D eigenvalue weighted by Gasteiger charge is 2.22. The molecule has 0 saturated carbocycles. The van der Waals surface area contributed by atoms with Crippen molar-refractivity contribution in [2.45, 2.75) is 26.3 Å². The smallest absolute Gasteiger partial charge is 0.129 e. The fourth-order valence-electron chi connectivity index (χ4n) is 1.96. The van der Waals surface area contributed by atoms with Gasteiger partial charge >= 0.3 is 0 Å². The van der Waals surface area contributed by atoms with E-state index in [1.165, 1.54) is 17.6 Å². The van der Waals surface area contributed by atoms with Crippen molar-refractivity contribution in [1.29, 1.82) is 0 Å². The van der Waals surface area contributed by atoms with Crippen molar-refractivity contribution in [1.82, 2.24) is 14.9 Å². The van der Waals surface area contributed by atoms with Gasteiger partial charge in [-0.15, -0.1) is 5.10 Å². The van der Waals surface area contributed by atoms with Gasteiger partial charge < -0.3 is 5.32 Å². The predicted octanol–water partition coefficient (Wildman–Crippen LogP) is 3.59. The highest BCUT2D eigenvalue weighted by molar-refractivity contribution is 7.05. The van der Waals surface area contributed by atoms with Crippen LogP contribution in [-0.2, 0) is 6.42 Å². The van der Waals surface area contributed by atoms with E-state index >= 15 is 0 Å². The van der Waals surface area contributed by atoms with Crippen LogP contribution < -0.4 is 5.32 Å². The topological polar surface area (TPSA) is 37.8 Å². The van der Waals surface area contributed by atoms with Gasteiger partial charge in [-0.3, -0.25) is 0 Å². The molecule has 0 fully saturated rings. The van der Waals surface area contributed by atoms with Crippen molar-refractivity contribution >= 4 is 23.1 Å². The number of halogens is 2. The zero-order valence-electron chi connectivity index (χ0n) is 10.8. The van der Waals surface area contributed by atoms with Crippen LogP contribution >= 0.6 is 23.1 Å². The van der Waals surface area contributed by atoms with Gasteiger partial charge in [-0.1, -0.05) is 36.0 Å². The van der Waals surface area contributed by atoms with Crippen LogP contribution in [0, 0.1) is 5.82 Å². The molecule has 102 valence electrons. The van der Waals surface area contributed by atoms with Gasteiger partial charge in [0.05, 0.1) is 16.6 Å². The number of aromatic nitrogens is 2. The Hall–Kier alpha value is -1.04. The van der Waals surface area contributed by atoms with Crippen molar-refractivity contribution in [3.63, 3.8) is 0 Å². The summed E-state index contributed by atoms with van der Waals surface area (Å²) in [5.74, 6) is -0.311. The van der Waals surface area contributed by atoms with Crippen LogP contribution in [0.15, 0.2) is 18.2 Å². The van der Waals surface area contributed by atoms with Crippen LogP contribution in [0.1, 0.15) is 36.0 Å². The molecule has 1 unspecified atom stereocenters. The minimum Gasteiger partial charge on any atom is -0.306 e. The Bertz CT molecular complexity index is 559. The Morgan fingerprint density at radius 1 is 1.42 bits per heavy atom. The molecular weight excluding hydrogens is 285 g/mol. The number of nitrogens with zero attached hydrogens (tertiary/aromatic N) is 2. The largest absolute Gasteiger partial charge is 0.306 e. The number of nitrogens with one attached hydrogen (secondary N) is 1. The molecule has 6 heteroatoms. The summed E-state index contributed by atoms with van der Waals surface area (Å²) in [6.07, 6.45) is 0.781. The number of benzene rings is 1. The summed E-state index contributed by atoms with van der Waals surface area (Å²) in [6.45, 7) is 4.73. The molecule has 2 aromatic rings. The molecule has 2 rings (SSSR count). The Kier molecular flexibility index (Phi) is 4.85. The third-order valence-electron chi connectivity index (χ3n) is 2.86. The molecule has 1 atom stereocenters. The van der Waals surface area contributed by atoms with E-state index in [0.29, 0.717) is 10.6 Å².